The molecule has 1 aliphatic carbocycles. The van der Waals surface area contributed by atoms with Gasteiger partial charge >= 0.3 is 6.01 Å². The van der Waals surface area contributed by atoms with E-state index in [1.807, 2.05) is 19.2 Å². The summed E-state index contributed by atoms with van der Waals surface area (Å²) in [6.45, 7) is 4.49. The summed E-state index contributed by atoms with van der Waals surface area (Å²) in [6, 6.07) is 2.41. The number of ether oxygens (including phenoxy) is 1. The number of aromatic nitrogens is 5. The van der Waals surface area contributed by atoms with Gasteiger partial charge in [0.05, 0.1) is 34.8 Å². The van der Waals surface area contributed by atoms with Crippen molar-refractivity contribution in [3.8, 4) is 16.6 Å². The molecule has 1 saturated carbocycles. The van der Waals surface area contributed by atoms with Gasteiger partial charge in [0.1, 0.15) is 6.10 Å². The summed E-state index contributed by atoms with van der Waals surface area (Å²) >= 11 is 1.51. The Hall–Kier alpha value is -2.69. The zero-order valence-corrected chi connectivity index (χ0v) is 20.3. The van der Waals surface area contributed by atoms with Crippen LogP contribution in [0, 0.1) is 6.92 Å². The van der Waals surface area contributed by atoms with Crippen LogP contribution < -0.4 is 10.1 Å². The molecule has 2 fully saturated rings. The van der Waals surface area contributed by atoms with Gasteiger partial charge in [0, 0.05) is 31.5 Å². The summed E-state index contributed by atoms with van der Waals surface area (Å²) in [6.07, 6.45) is 12.9. The quantitative estimate of drug-likeness (QED) is 0.515. The van der Waals surface area contributed by atoms with Gasteiger partial charge in [0.15, 0.2) is 10.9 Å². The number of anilines is 2. The van der Waals surface area contributed by atoms with Crippen molar-refractivity contribution < 1.29 is 9.84 Å². The molecule has 2 N–H and O–H groups in total. The molecule has 3 aromatic rings. The third-order valence-corrected chi connectivity index (χ3v) is 7.23. The average Bonchev–Trinajstić information content (AvgIpc) is 3.31. The number of hydrogen-bond acceptors (Lipinski definition) is 10. The average molecular weight is 482 g/mol. The summed E-state index contributed by atoms with van der Waals surface area (Å²) in [4.78, 5) is 25.9. The van der Waals surface area contributed by atoms with E-state index in [4.69, 9.17) is 4.74 Å². The largest absolute Gasteiger partial charge is 0.460 e. The van der Waals surface area contributed by atoms with Gasteiger partial charge in [-0.2, -0.15) is 4.98 Å². The van der Waals surface area contributed by atoms with E-state index >= 15 is 0 Å². The number of rotatable bonds is 7. The fourth-order valence-corrected chi connectivity index (χ4v) is 5.20. The minimum Gasteiger partial charge on any atom is -0.460 e. The first-order valence-electron chi connectivity index (χ1n) is 12.1. The fraction of sp³-hybridized carbons (Fsp3) is 0.542. The zero-order valence-electron chi connectivity index (χ0n) is 19.5. The Morgan fingerprint density at radius 2 is 1.85 bits per heavy atom. The molecule has 0 unspecified atom stereocenters. The summed E-state index contributed by atoms with van der Waals surface area (Å²) in [5, 5.41) is 13.6. The Morgan fingerprint density at radius 1 is 1.03 bits per heavy atom. The van der Waals surface area contributed by atoms with Crippen LogP contribution in [-0.4, -0.2) is 60.2 Å². The minimum atomic E-state index is -0.167. The number of aliphatic hydroxyl groups is 1. The third kappa shape index (κ3) is 6.05. The molecule has 0 bridgehead atoms. The van der Waals surface area contributed by atoms with Crippen LogP contribution in [0.5, 0.6) is 6.01 Å². The fourth-order valence-electron chi connectivity index (χ4n) is 4.42. The van der Waals surface area contributed by atoms with E-state index < -0.39 is 0 Å². The topological polar surface area (TPSA) is 109 Å². The van der Waals surface area contributed by atoms with Crippen molar-refractivity contribution in [2.75, 3.05) is 18.4 Å². The van der Waals surface area contributed by atoms with Crippen LogP contribution in [0.3, 0.4) is 0 Å². The van der Waals surface area contributed by atoms with Gasteiger partial charge < -0.3 is 15.2 Å². The number of nitrogens with one attached hydrogen (secondary N) is 1. The van der Waals surface area contributed by atoms with E-state index in [0.717, 1.165) is 72.4 Å². The lowest BCUT2D eigenvalue weighted by molar-refractivity contribution is 0.0786. The highest BCUT2D eigenvalue weighted by atomic mass is 32.1. The number of piperidine rings is 1. The first-order valence-corrected chi connectivity index (χ1v) is 12.9. The van der Waals surface area contributed by atoms with E-state index in [-0.39, 0.29) is 12.2 Å². The highest BCUT2D eigenvalue weighted by Crippen LogP contribution is 2.31. The van der Waals surface area contributed by atoms with Crippen LogP contribution in [-0.2, 0) is 6.54 Å². The lowest BCUT2D eigenvalue weighted by atomic mass is 9.98. The maximum atomic E-state index is 9.66. The van der Waals surface area contributed by atoms with Crippen LogP contribution in [0.1, 0.15) is 56.3 Å². The Morgan fingerprint density at radius 3 is 2.62 bits per heavy atom. The van der Waals surface area contributed by atoms with Crippen molar-refractivity contribution in [2.45, 2.75) is 70.6 Å². The van der Waals surface area contributed by atoms with Gasteiger partial charge in [-0.3, -0.25) is 9.88 Å². The maximum Gasteiger partial charge on any atom is 0.317 e. The predicted molar refractivity (Wildman–Crippen MR) is 131 cm³/mol. The number of thiazole rings is 1. The molecule has 5 rings (SSSR count). The van der Waals surface area contributed by atoms with Crippen LogP contribution >= 0.6 is 11.3 Å². The van der Waals surface area contributed by atoms with E-state index in [9.17, 15) is 5.11 Å². The molecular weight excluding hydrogens is 450 g/mol. The molecule has 34 heavy (non-hydrogen) atoms. The van der Waals surface area contributed by atoms with Gasteiger partial charge in [-0.25, -0.2) is 15.0 Å². The number of likely N-dealkylation sites (tertiary alicyclic amines) is 1. The molecular formula is C24H31N7O2S. The maximum absolute atomic E-state index is 9.66. The molecule has 0 aromatic carbocycles. The predicted octanol–water partition coefficient (Wildman–Crippen LogP) is 4.11. The molecule has 3 aromatic heterocycles. The highest BCUT2D eigenvalue weighted by molar-refractivity contribution is 7.18. The van der Waals surface area contributed by atoms with E-state index in [1.165, 1.54) is 30.6 Å². The van der Waals surface area contributed by atoms with Gasteiger partial charge in [-0.1, -0.05) is 17.8 Å². The van der Waals surface area contributed by atoms with Crippen molar-refractivity contribution in [3.05, 3.63) is 36.0 Å². The van der Waals surface area contributed by atoms with Crippen molar-refractivity contribution in [2.24, 2.45) is 0 Å². The third-order valence-electron chi connectivity index (χ3n) is 6.30. The lowest BCUT2D eigenvalue weighted by Crippen LogP contribution is -2.35. The van der Waals surface area contributed by atoms with Crippen LogP contribution in [0.25, 0.3) is 10.6 Å². The minimum absolute atomic E-state index is 0.167. The Bertz CT molecular complexity index is 1080. The molecule has 10 heteroatoms. The summed E-state index contributed by atoms with van der Waals surface area (Å²) in [5.74, 6) is 0.652. The summed E-state index contributed by atoms with van der Waals surface area (Å²) < 4.78 is 6.08. The molecule has 0 amide bonds. The smallest absolute Gasteiger partial charge is 0.317 e. The second-order valence-electron chi connectivity index (χ2n) is 9.11. The number of nitrogens with zero attached hydrogens (tertiary/aromatic N) is 6. The van der Waals surface area contributed by atoms with Crippen molar-refractivity contribution >= 4 is 22.3 Å². The van der Waals surface area contributed by atoms with Crippen LogP contribution in [0.2, 0.25) is 0 Å². The Balaban J connectivity index is 1.21. The molecule has 0 spiro atoms. The van der Waals surface area contributed by atoms with E-state index in [0.29, 0.717) is 11.8 Å². The molecule has 1 saturated heterocycles. The SMILES string of the molecule is Cc1cc(-c2cnc(Nc3cnc(CN4CCC(O)CC4)cn3)s2)nc(OC2CCCCC2)n1. The number of hydrogen-bond donors (Lipinski definition) is 2. The summed E-state index contributed by atoms with van der Waals surface area (Å²) in [5.41, 5.74) is 2.61. The van der Waals surface area contributed by atoms with Crippen molar-refractivity contribution in [1.29, 1.82) is 0 Å². The van der Waals surface area contributed by atoms with Crippen LogP contribution in [0.15, 0.2) is 24.7 Å². The van der Waals surface area contributed by atoms with Gasteiger partial charge in [-0.05, 0) is 51.5 Å². The molecule has 9 nitrogen and oxygen atoms in total. The Kier molecular flexibility index (Phi) is 7.27. The first kappa shape index (κ1) is 23.1. The van der Waals surface area contributed by atoms with Gasteiger partial charge in [-0.15, -0.1) is 0 Å². The Labute approximate surface area is 203 Å². The molecule has 0 atom stereocenters. The van der Waals surface area contributed by atoms with Crippen molar-refractivity contribution in [3.63, 3.8) is 0 Å². The number of aryl methyl sites for hydroxylation is 1. The van der Waals surface area contributed by atoms with Gasteiger partial charge in [0.2, 0.25) is 0 Å². The lowest BCUT2D eigenvalue weighted by Gasteiger charge is -2.28. The van der Waals surface area contributed by atoms with Crippen LogP contribution in [0.4, 0.5) is 10.9 Å². The number of aliphatic hydroxyl groups excluding tert-OH is 1. The molecule has 1 aliphatic heterocycles. The van der Waals surface area contributed by atoms with Gasteiger partial charge in [0.25, 0.3) is 0 Å². The monoisotopic (exact) mass is 481 g/mol. The normalized spacial score (nSPS) is 18.2. The molecule has 4 heterocycles. The second kappa shape index (κ2) is 10.7. The van der Waals surface area contributed by atoms with E-state index in [1.54, 1.807) is 12.4 Å². The highest BCUT2D eigenvalue weighted by Gasteiger charge is 2.19. The summed E-state index contributed by atoms with van der Waals surface area (Å²) in [7, 11) is 0. The standard InChI is InChI=1S/C24H31N7O2S/c1-16-11-20(29-23(28-16)33-19-5-3-2-4-6-19)21-13-27-24(34-21)30-22-14-25-17(12-26-22)15-31-9-7-18(32)8-10-31/h11-14,18-19,32H,2-10,15H2,1H3,(H,26,27,30). The van der Waals surface area contributed by atoms with E-state index in [2.05, 4.69) is 35.1 Å². The van der Waals surface area contributed by atoms with Crippen molar-refractivity contribution in [1.82, 2.24) is 29.8 Å². The zero-order chi connectivity index (χ0) is 23.3. The molecule has 0 radical (unpaired) electrons. The molecule has 180 valence electrons. The molecule has 2 aliphatic rings. The second-order valence-corrected chi connectivity index (χ2v) is 10.1. The first-order chi connectivity index (χ1) is 16.6.